The molecule has 4 aliphatic rings. The third kappa shape index (κ3) is 4.77. The van der Waals surface area contributed by atoms with E-state index in [1.165, 1.54) is 36.5 Å². The van der Waals surface area contributed by atoms with Crippen LogP contribution in [0.1, 0.15) is 44.6 Å². The van der Waals surface area contributed by atoms with Gasteiger partial charge >= 0.3 is 6.01 Å². The Bertz CT molecular complexity index is 2190. The number of carbonyl (C=O) groups excluding carboxylic acids is 1. The number of hydrogen-bond donors (Lipinski definition) is 1. The van der Waals surface area contributed by atoms with Gasteiger partial charge in [-0.1, -0.05) is 18.6 Å². The number of piperazine rings is 1. The molecule has 4 fully saturated rings. The molecule has 2 aromatic carbocycles. The first-order valence-electron chi connectivity index (χ1n) is 16.9. The van der Waals surface area contributed by atoms with E-state index in [9.17, 15) is 19.6 Å². The Morgan fingerprint density at radius 1 is 1.22 bits per heavy atom. The van der Waals surface area contributed by atoms with Crippen LogP contribution in [0.3, 0.4) is 0 Å². The summed E-state index contributed by atoms with van der Waals surface area (Å²) in [5.41, 5.74) is -1.15. The van der Waals surface area contributed by atoms with Crippen LogP contribution in [0.5, 0.6) is 11.8 Å². The number of hydrogen-bond acceptors (Lipinski definition) is 9. The maximum atomic E-state index is 17.0. The van der Waals surface area contributed by atoms with E-state index in [1.807, 2.05) is 11.8 Å². The van der Waals surface area contributed by atoms with Gasteiger partial charge in [0.15, 0.2) is 5.82 Å². The molecule has 3 atom stereocenters. The minimum Gasteiger partial charge on any atom is -0.508 e. The van der Waals surface area contributed by atoms with Crippen molar-refractivity contribution in [1.82, 2.24) is 24.8 Å². The van der Waals surface area contributed by atoms with E-state index in [-0.39, 0.29) is 63.5 Å². The number of benzene rings is 2. The van der Waals surface area contributed by atoms with Gasteiger partial charge in [0, 0.05) is 30.2 Å². The largest absolute Gasteiger partial charge is 0.508 e. The van der Waals surface area contributed by atoms with Crippen molar-refractivity contribution >= 4 is 33.4 Å². The highest BCUT2D eigenvalue weighted by atomic mass is 19.1. The zero-order chi connectivity index (χ0) is 34.9. The van der Waals surface area contributed by atoms with E-state index in [0.29, 0.717) is 36.2 Å². The van der Waals surface area contributed by atoms with Crippen LogP contribution in [0.2, 0.25) is 0 Å². The summed E-state index contributed by atoms with van der Waals surface area (Å²) in [6, 6.07) is 7.05. The SMILES string of the molecule is C#Cc1c(F)ccc2cc(O)cc(-c3ncc4c(N5C[C@H]6C[C@@](C)(C#N)[C@@H](C5)N6C(=O)C=C)nc(OCC56CCCN5CCC6)nc4c3F)c12. The first kappa shape index (κ1) is 31.9. The topological polar surface area (TPSA) is 119 Å². The normalized spacial score (nSPS) is 23.9. The second-order valence-corrected chi connectivity index (χ2v) is 14.1. The zero-order valence-corrected chi connectivity index (χ0v) is 27.6. The second-order valence-electron chi connectivity index (χ2n) is 14.1. The van der Waals surface area contributed by atoms with Crippen molar-refractivity contribution < 1.29 is 23.4 Å². The van der Waals surface area contributed by atoms with Gasteiger partial charge in [-0.2, -0.15) is 15.2 Å². The molecule has 2 aromatic heterocycles. The lowest BCUT2D eigenvalue weighted by Gasteiger charge is -2.42. The molecule has 12 heteroatoms. The molecule has 50 heavy (non-hydrogen) atoms. The van der Waals surface area contributed by atoms with Gasteiger partial charge in [-0.15, -0.1) is 6.42 Å². The lowest BCUT2D eigenvalue weighted by Crippen LogP contribution is -2.57. The number of halogens is 2. The molecule has 6 heterocycles. The highest BCUT2D eigenvalue weighted by Gasteiger charge is 2.55. The number of phenolic OH excluding ortho intramolecular Hbond substituents is 1. The number of rotatable bonds is 6. The van der Waals surface area contributed by atoms with Crippen molar-refractivity contribution in [3.63, 3.8) is 0 Å². The Morgan fingerprint density at radius 2 is 2.00 bits per heavy atom. The predicted molar refractivity (Wildman–Crippen MR) is 183 cm³/mol. The van der Waals surface area contributed by atoms with Crippen LogP contribution in [0, 0.1) is 40.7 Å². The Morgan fingerprint density at radius 3 is 2.72 bits per heavy atom. The summed E-state index contributed by atoms with van der Waals surface area (Å²) in [7, 11) is 0. The number of carbonyl (C=O) groups is 1. The summed E-state index contributed by atoms with van der Waals surface area (Å²) in [6.45, 7) is 8.47. The van der Waals surface area contributed by atoms with Crippen LogP contribution in [0.25, 0.3) is 32.9 Å². The molecule has 0 aliphatic carbocycles. The van der Waals surface area contributed by atoms with Crippen LogP contribution in [0.4, 0.5) is 14.6 Å². The first-order valence-corrected chi connectivity index (χ1v) is 16.9. The van der Waals surface area contributed by atoms with Gasteiger partial charge < -0.3 is 19.6 Å². The van der Waals surface area contributed by atoms with Crippen LogP contribution in [0.15, 0.2) is 43.1 Å². The molecule has 2 bridgehead atoms. The summed E-state index contributed by atoms with van der Waals surface area (Å²) in [4.78, 5) is 33.0. The van der Waals surface area contributed by atoms with Crippen LogP contribution in [-0.4, -0.2) is 86.2 Å². The number of nitrogens with zero attached hydrogens (tertiary/aromatic N) is 7. The number of phenols is 1. The number of terminal acetylenes is 1. The molecular formula is C38H35F2N7O3. The smallest absolute Gasteiger partial charge is 0.319 e. The van der Waals surface area contributed by atoms with Crippen LogP contribution >= 0.6 is 0 Å². The second kappa shape index (κ2) is 11.6. The van der Waals surface area contributed by atoms with Gasteiger partial charge in [-0.3, -0.25) is 14.7 Å². The molecule has 1 N–H and O–H groups in total. The number of ether oxygens (including phenoxy) is 1. The minimum atomic E-state index is -0.818. The van der Waals surface area contributed by atoms with Crippen molar-refractivity contribution in [2.75, 3.05) is 37.7 Å². The average Bonchev–Trinajstić information content (AvgIpc) is 3.75. The molecule has 4 saturated heterocycles. The highest BCUT2D eigenvalue weighted by Crippen LogP contribution is 2.46. The monoisotopic (exact) mass is 675 g/mol. The molecule has 4 aromatic rings. The van der Waals surface area contributed by atoms with E-state index in [2.05, 4.69) is 33.4 Å². The fraction of sp³-hybridized carbons (Fsp3) is 0.395. The van der Waals surface area contributed by atoms with Crippen LogP contribution in [-0.2, 0) is 4.79 Å². The van der Waals surface area contributed by atoms with Gasteiger partial charge in [0.05, 0.1) is 40.1 Å². The minimum absolute atomic E-state index is 0.00668. The van der Waals surface area contributed by atoms with Crippen molar-refractivity contribution in [2.45, 2.75) is 56.7 Å². The Labute approximate surface area is 288 Å². The molecule has 8 rings (SSSR count). The summed E-state index contributed by atoms with van der Waals surface area (Å²) >= 11 is 0. The Balaban J connectivity index is 1.28. The van der Waals surface area contributed by atoms with Crippen molar-refractivity contribution in [3.05, 3.63) is 60.3 Å². The molecule has 0 spiro atoms. The van der Waals surface area contributed by atoms with E-state index >= 15 is 4.39 Å². The number of fused-ring (bicyclic) bond motifs is 5. The lowest BCUT2D eigenvalue weighted by atomic mass is 9.83. The van der Waals surface area contributed by atoms with Crippen molar-refractivity contribution in [3.8, 4) is 41.4 Å². The third-order valence-electron chi connectivity index (χ3n) is 11.3. The van der Waals surface area contributed by atoms with E-state index in [0.717, 1.165) is 38.8 Å². The van der Waals surface area contributed by atoms with Crippen molar-refractivity contribution in [2.24, 2.45) is 5.41 Å². The quantitative estimate of drug-likeness (QED) is 0.214. The maximum Gasteiger partial charge on any atom is 0.319 e. The third-order valence-corrected chi connectivity index (χ3v) is 11.3. The van der Waals surface area contributed by atoms with E-state index in [4.69, 9.17) is 16.1 Å². The van der Waals surface area contributed by atoms with E-state index in [1.54, 1.807) is 4.90 Å². The van der Waals surface area contributed by atoms with Gasteiger partial charge in [0.2, 0.25) is 5.91 Å². The molecule has 254 valence electrons. The lowest BCUT2D eigenvalue weighted by molar-refractivity contribution is -0.129. The molecular weight excluding hydrogens is 640 g/mol. The average molecular weight is 676 g/mol. The summed E-state index contributed by atoms with van der Waals surface area (Å²) < 4.78 is 38.3. The molecule has 0 radical (unpaired) electrons. The zero-order valence-electron chi connectivity index (χ0n) is 27.6. The van der Waals surface area contributed by atoms with Crippen molar-refractivity contribution in [1.29, 1.82) is 5.26 Å². The van der Waals surface area contributed by atoms with Gasteiger partial charge in [0.1, 0.15) is 35.2 Å². The van der Waals surface area contributed by atoms with Gasteiger partial charge in [-0.05, 0) is 81.8 Å². The van der Waals surface area contributed by atoms with Gasteiger partial charge in [0.25, 0.3) is 0 Å². The van der Waals surface area contributed by atoms with Gasteiger partial charge in [-0.25, -0.2) is 8.78 Å². The van der Waals surface area contributed by atoms with Crippen LogP contribution < -0.4 is 9.64 Å². The summed E-state index contributed by atoms with van der Waals surface area (Å²) in [5, 5.41) is 21.8. The number of anilines is 1. The summed E-state index contributed by atoms with van der Waals surface area (Å²) in [6.07, 6.45) is 13.0. The fourth-order valence-corrected chi connectivity index (χ4v) is 8.92. The predicted octanol–water partition coefficient (Wildman–Crippen LogP) is 5.32. The number of aromatic nitrogens is 3. The molecule has 4 aliphatic heterocycles. The summed E-state index contributed by atoms with van der Waals surface area (Å²) in [5.74, 6) is 0.846. The molecule has 1 amide bonds. The number of pyridine rings is 1. The molecule has 0 saturated carbocycles. The Hall–Kier alpha value is -5.33. The fourth-order valence-electron chi connectivity index (χ4n) is 8.92. The number of aromatic hydroxyl groups is 1. The molecule has 0 unspecified atom stereocenters. The highest BCUT2D eigenvalue weighted by molar-refractivity contribution is 6.03. The number of amides is 1. The van der Waals surface area contributed by atoms with E-state index < -0.39 is 23.1 Å². The Kier molecular flexibility index (Phi) is 7.42. The first-order chi connectivity index (χ1) is 24.1. The number of nitriles is 1. The molecule has 10 nitrogen and oxygen atoms in total. The standard InChI is InChI=1S/C38H35F2N7O3/c1-4-25-28(39)9-8-22-14-24(48)15-26(31(22)25)33-32(40)34-27(17-42-33)35(44-36(43-34)50-21-38-10-6-12-46(38)13-7-11-38)45-18-23-16-37(3,20-41)29(19-45)47(23)30(49)5-2/h1,5,8-9,14-15,17,23,29,48H,2,6-7,10-13,16,18-19,21H2,3H3/t23-,29-,37+/m1/s1. The maximum absolute atomic E-state index is 17.0.